The van der Waals surface area contributed by atoms with Crippen LogP contribution in [0.4, 0.5) is 0 Å². The summed E-state index contributed by atoms with van der Waals surface area (Å²) in [6, 6.07) is 10.7. The Kier molecular flexibility index (Phi) is 5.06. The summed E-state index contributed by atoms with van der Waals surface area (Å²) in [6.45, 7) is 3.65. The van der Waals surface area contributed by atoms with Gasteiger partial charge in [-0.25, -0.2) is 8.42 Å². The fourth-order valence-corrected chi connectivity index (χ4v) is 6.63. The highest BCUT2D eigenvalue weighted by Crippen LogP contribution is 2.33. The lowest BCUT2D eigenvalue weighted by Gasteiger charge is -2.32. The summed E-state index contributed by atoms with van der Waals surface area (Å²) in [5, 5.41) is 0. The molecule has 3 saturated heterocycles. The van der Waals surface area contributed by atoms with Crippen molar-refractivity contribution >= 4 is 15.7 Å². The lowest BCUT2D eigenvalue weighted by molar-refractivity contribution is -0.137. The Morgan fingerprint density at radius 3 is 2.62 bits per heavy atom. The van der Waals surface area contributed by atoms with E-state index >= 15 is 0 Å². The van der Waals surface area contributed by atoms with E-state index in [4.69, 9.17) is 0 Å². The van der Waals surface area contributed by atoms with Crippen LogP contribution in [0, 0.1) is 11.8 Å². The molecule has 0 aliphatic carbocycles. The summed E-state index contributed by atoms with van der Waals surface area (Å²) < 4.78 is 23.6. The van der Waals surface area contributed by atoms with Crippen molar-refractivity contribution in [3.05, 3.63) is 35.9 Å². The van der Waals surface area contributed by atoms with Gasteiger partial charge >= 0.3 is 0 Å². The molecule has 0 N–H and O–H groups in total. The lowest BCUT2D eigenvalue weighted by Crippen LogP contribution is -2.47. The van der Waals surface area contributed by atoms with Crippen molar-refractivity contribution in [1.82, 2.24) is 9.80 Å². The van der Waals surface area contributed by atoms with Gasteiger partial charge < -0.3 is 4.90 Å². The summed E-state index contributed by atoms with van der Waals surface area (Å²) in [5.41, 5.74) is 1.31. The van der Waals surface area contributed by atoms with Gasteiger partial charge in [0, 0.05) is 32.2 Å². The van der Waals surface area contributed by atoms with Crippen LogP contribution in [0.1, 0.15) is 31.2 Å². The van der Waals surface area contributed by atoms with Gasteiger partial charge in [0.05, 0.1) is 17.4 Å². The van der Waals surface area contributed by atoms with E-state index in [0.717, 1.165) is 39.0 Å². The molecule has 1 amide bonds. The van der Waals surface area contributed by atoms with E-state index in [0.29, 0.717) is 12.3 Å². The number of rotatable bonds is 3. The minimum atomic E-state index is -3.02. The van der Waals surface area contributed by atoms with E-state index < -0.39 is 9.84 Å². The first-order valence-electron chi connectivity index (χ1n) is 9.79. The Hall–Kier alpha value is -1.40. The molecule has 142 valence electrons. The number of likely N-dealkylation sites (tertiary alicyclic amines) is 2. The lowest BCUT2D eigenvalue weighted by atomic mass is 9.97. The Morgan fingerprint density at radius 2 is 1.88 bits per heavy atom. The van der Waals surface area contributed by atoms with Gasteiger partial charge in [-0.2, -0.15) is 0 Å². The Morgan fingerprint density at radius 1 is 1.08 bits per heavy atom. The molecule has 0 aromatic heterocycles. The Labute approximate surface area is 156 Å². The van der Waals surface area contributed by atoms with E-state index in [1.54, 1.807) is 0 Å². The summed E-state index contributed by atoms with van der Waals surface area (Å²) in [5.74, 6) is 0.508. The number of hydrogen-bond acceptors (Lipinski definition) is 4. The van der Waals surface area contributed by atoms with Gasteiger partial charge in [0.15, 0.2) is 9.84 Å². The molecular formula is C20H28N2O3S. The second kappa shape index (κ2) is 7.31. The van der Waals surface area contributed by atoms with Crippen molar-refractivity contribution in [3.8, 4) is 0 Å². The average Bonchev–Trinajstić information content (AvgIpc) is 3.12. The number of hydrogen-bond donors (Lipinski definition) is 0. The van der Waals surface area contributed by atoms with Gasteiger partial charge in [0.25, 0.3) is 0 Å². The molecule has 1 aromatic rings. The first-order chi connectivity index (χ1) is 12.5. The molecule has 0 saturated carbocycles. The molecule has 3 atom stereocenters. The van der Waals surface area contributed by atoms with E-state index in [9.17, 15) is 13.2 Å². The molecule has 26 heavy (non-hydrogen) atoms. The predicted octanol–water partition coefficient (Wildman–Crippen LogP) is 1.93. The maximum Gasteiger partial charge on any atom is 0.227 e. The molecule has 3 heterocycles. The molecule has 1 aromatic carbocycles. The summed E-state index contributed by atoms with van der Waals surface area (Å²) in [4.78, 5) is 17.6. The van der Waals surface area contributed by atoms with Crippen LogP contribution in [0.25, 0.3) is 0 Å². The first-order valence-corrected chi connectivity index (χ1v) is 11.6. The third-order valence-corrected chi connectivity index (χ3v) is 7.99. The number of sulfone groups is 1. The monoisotopic (exact) mass is 376 g/mol. The number of nitrogens with zero attached hydrogens (tertiary/aromatic N) is 2. The topological polar surface area (TPSA) is 57.7 Å². The molecule has 0 bridgehead atoms. The van der Waals surface area contributed by atoms with E-state index in [1.165, 1.54) is 12.0 Å². The maximum atomic E-state index is 13.1. The van der Waals surface area contributed by atoms with Crippen LogP contribution in [0.15, 0.2) is 30.3 Å². The molecule has 3 fully saturated rings. The van der Waals surface area contributed by atoms with Crippen molar-refractivity contribution < 1.29 is 13.2 Å². The number of fused-ring (bicyclic) bond motifs is 1. The predicted molar refractivity (Wildman–Crippen MR) is 101 cm³/mol. The maximum absolute atomic E-state index is 13.1. The zero-order valence-electron chi connectivity index (χ0n) is 15.2. The minimum absolute atomic E-state index is 0.0491. The molecule has 4 rings (SSSR count). The van der Waals surface area contributed by atoms with Crippen LogP contribution < -0.4 is 0 Å². The Balaban J connectivity index is 1.46. The third-order valence-electron chi connectivity index (χ3n) is 6.22. The Bertz CT molecular complexity index is 750. The van der Waals surface area contributed by atoms with E-state index in [2.05, 4.69) is 29.2 Å². The molecule has 6 heteroatoms. The quantitative estimate of drug-likeness (QED) is 0.809. The van der Waals surface area contributed by atoms with Crippen molar-refractivity contribution in [2.75, 3.05) is 31.1 Å². The highest BCUT2D eigenvalue weighted by molar-refractivity contribution is 7.91. The second-order valence-electron chi connectivity index (χ2n) is 8.13. The summed E-state index contributed by atoms with van der Waals surface area (Å²) in [7, 11) is -3.02. The van der Waals surface area contributed by atoms with Crippen LogP contribution in [0.3, 0.4) is 0 Å². The van der Waals surface area contributed by atoms with Crippen LogP contribution in [-0.4, -0.2) is 61.3 Å². The minimum Gasteiger partial charge on any atom is -0.338 e. The van der Waals surface area contributed by atoms with Gasteiger partial charge in [-0.15, -0.1) is 0 Å². The van der Waals surface area contributed by atoms with Crippen molar-refractivity contribution in [2.45, 2.75) is 38.3 Å². The van der Waals surface area contributed by atoms with Crippen molar-refractivity contribution in [2.24, 2.45) is 11.8 Å². The molecule has 3 aliphatic heterocycles. The average molecular weight is 377 g/mol. The normalized spacial score (nSPS) is 31.5. The van der Waals surface area contributed by atoms with Crippen molar-refractivity contribution in [1.29, 1.82) is 0 Å². The fraction of sp³-hybridized carbons (Fsp3) is 0.650. The largest absolute Gasteiger partial charge is 0.338 e. The molecule has 5 nitrogen and oxygen atoms in total. The molecule has 3 aliphatic rings. The van der Waals surface area contributed by atoms with Gasteiger partial charge in [0.1, 0.15) is 0 Å². The smallest absolute Gasteiger partial charge is 0.227 e. The highest BCUT2D eigenvalue weighted by atomic mass is 32.2. The van der Waals surface area contributed by atoms with Crippen LogP contribution in [0.5, 0.6) is 0 Å². The van der Waals surface area contributed by atoms with Crippen LogP contribution in [0.2, 0.25) is 0 Å². The van der Waals surface area contributed by atoms with Gasteiger partial charge in [-0.05, 0) is 30.7 Å². The summed E-state index contributed by atoms with van der Waals surface area (Å²) >= 11 is 0. The highest BCUT2D eigenvalue weighted by Gasteiger charge is 2.43. The standard InChI is InChI=1S/C20H28N2O3S/c23-20(18-9-11-26(24,25)15-18)22-10-5-4-8-17-13-21(14-19(17)22)12-16-6-2-1-3-7-16/h1-3,6-7,17-19H,4-5,8-15H2/t17-,18-,19+/m0/s1. The second-order valence-corrected chi connectivity index (χ2v) is 10.4. The number of carbonyl (C=O) groups excluding carboxylic acids is 1. The zero-order chi connectivity index (χ0) is 18.1. The number of amides is 1. The first kappa shape index (κ1) is 18.0. The van der Waals surface area contributed by atoms with Crippen molar-refractivity contribution in [3.63, 3.8) is 0 Å². The number of carbonyl (C=O) groups is 1. The molecule has 0 radical (unpaired) electrons. The zero-order valence-corrected chi connectivity index (χ0v) is 16.0. The number of benzene rings is 1. The van der Waals surface area contributed by atoms with E-state index in [1.807, 2.05) is 11.0 Å². The van der Waals surface area contributed by atoms with Crippen LogP contribution in [-0.2, 0) is 21.2 Å². The molecule has 0 spiro atoms. The van der Waals surface area contributed by atoms with E-state index in [-0.39, 0.29) is 29.4 Å². The summed E-state index contributed by atoms with van der Waals surface area (Å²) in [6.07, 6.45) is 3.87. The SMILES string of the molecule is O=C([C@H]1CCS(=O)(=O)C1)N1CCCC[C@H]2CN(Cc3ccccc3)C[C@H]21. The fourth-order valence-electron chi connectivity index (χ4n) is 4.90. The molecular weight excluding hydrogens is 348 g/mol. The van der Waals surface area contributed by atoms with Gasteiger partial charge in [0.2, 0.25) is 5.91 Å². The van der Waals surface area contributed by atoms with Crippen LogP contribution >= 0.6 is 0 Å². The molecule has 0 unspecified atom stereocenters. The third kappa shape index (κ3) is 3.81. The van der Waals surface area contributed by atoms with Gasteiger partial charge in [-0.1, -0.05) is 36.8 Å². The van der Waals surface area contributed by atoms with Gasteiger partial charge in [-0.3, -0.25) is 9.69 Å².